The SMILES string of the molecule is COc1cc(/C=C/C(=O)NCCNS(=O)(=O)c2cc(C)ccc2C)cc2c1OCCO2. The Morgan fingerprint density at radius 3 is 2.68 bits per heavy atom. The molecule has 0 aromatic heterocycles. The second-order valence-corrected chi connectivity index (χ2v) is 8.77. The summed E-state index contributed by atoms with van der Waals surface area (Å²) in [6, 6.07) is 8.76. The van der Waals surface area contributed by atoms with Crippen molar-refractivity contribution in [3.8, 4) is 17.2 Å². The molecule has 3 rings (SSSR count). The Morgan fingerprint density at radius 1 is 1.13 bits per heavy atom. The van der Waals surface area contributed by atoms with Crippen molar-refractivity contribution in [2.24, 2.45) is 0 Å². The van der Waals surface area contributed by atoms with Crippen molar-refractivity contribution in [3.63, 3.8) is 0 Å². The number of fused-ring (bicyclic) bond motifs is 1. The predicted octanol–water partition coefficient (Wildman–Crippen LogP) is 2.19. The number of sulfonamides is 1. The Hall–Kier alpha value is -3.04. The first-order chi connectivity index (χ1) is 14.8. The molecular weight excluding hydrogens is 420 g/mol. The smallest absolute Gasteiger partial charge is 0.244 e. The van der Waals surface area contributed by atoms with E-state index in [-0.39, 0.29) is 23.9 Å². The molecule has 0 radical (unpaired) electrons. The van der Waals surface area contributed by atoms with E-state index < -0.39 is 10.0 Å². The van der Waals surface area contributed by atoms with Crippen LogP contribution in [0.4, 0.5) is 0 Å². The first-order valence-electron chi connectivity index (χ1n) is 9.80. The summed E-state index contributed by atoms with van der Waals surface area (Å²) in [5, 5.41) is 2.65. The molecular formula is C22H26N2O6S. The van der Waals surface area contributed by atoms with Crippen molar-refractivity contribution >= 4 is 22.0 Å². The monoisotopic (exact) mass is 446 g/mol. The van der Waals surface area contributed by atoms with E-state index in [9.17, 15) is 13.2 Å². The second kappa shape index (κ2) is 9.84. The van der Waals surface area contributed by atoms with E-state index >= 15 is 0 Å². The highest BCUT2D eigenvalue weighted by molar-refractivity contribution is 7.89. The molecule has 31 heavy (non-hydrogen) atoms. The summed E-state index contributed by atoms with van der Waals surface area (Å²) in [5.74, 6) is 1.29. The Morgan fingerprint density at radius 2 is 1.90 bits per heavy atom. The number of ether oxygens (including phenoxy) is 3. The molecule has 166 valence electrons. The highest BCUT2D eigenvalue weighted by Gasteiger charge is 2.18. The van der Waals surface area contributed by atoms with Gasteiger partial charge in [-0.3, -0.25) is 4.79 Å². The Kier molecular flexibility index (Phi) is 7.19. The van der Waals surface area contributed by atoms with Gasteiger partial charge in [0.15, 0.2) is 11.5 Å². The predicted molar refractivity (Wildman–Crippen MR) is 117 cm³/mol. The van der Waals surface area contributed by atoms with Crippen LogP contribution in [0.3, 0.4) is 0 Å². The van der Waals surface area contributed by atoms with E-state index in [1.165, 1.54) is 13.2 Å². The fourth-order valence-corrected chi connectivity index (χ4v) is 4.43. The third-order valence-corrected chi connectivity index (χ3v) is 6.23. The maximum Gasteiger partial charge on any atom is 0.244 e. The molecule has 0 aliphatic carbocycles. The normalized spacial score (nSPS) is 13.3. The summed E-state index contributed by atoms with van der Waals surface area (Å²) in [7, 11) is -2.11. The topological polar surface area (TPSA) is 103 Å². The van der Waals surface area contributed by atoms with Crippen LogP contribution in [0, 0.1) is 13.8 Å². The lowest BCUT2D eigenvalue weighted by Crippen LogP contribution is -2.34. The van der Waals surface area contributed by atoms with Gasteiger partial charge in [0.1, 0.15) is 13.2 Å². The molecule has 8 nitrogen and oxygen atoms in total. The van der Waals surface area contributed by atoms with E-state index in [1.807, 2.05) is 13.0 Å². The van der Waals surface area contributed by atoms with Crippen molar-refractivity contribution in [3.05, 3.63) is 53.1 Å². The highest BCUT2D eigenvalue weighted by Crippen LogP contribution is 2.40. The fraction of sp³-hybridized carbons (Fsp3) is 0.318. The molecule has 0 unspecified atom stereocenters. The Labute approximate surface area is 182 Å². The van der Waals surface area contributed by atoms with Crippen molar-refractivity contribution in [1.82, 2.24) is 10.0 Å². The largest absolute Gasteiger partial charge is 0.493 e. The number of aryl methyl sites for hydroxylation is 2. The zero-order valence-corrected chi connectivity index (χ0v) is 18.5. The minimum Gasteiger partial charge on any atom is -0.493 e. The van der Waals surface area contributed by atoms with Crippen LogP contribution in [0.15, 0.2) is 41.3 Å². The summed E-state index contributed by atoms with van der Waals surface area (Å²) in [6.07, 6.45) is 2.99. The minimum atomic E-state index is -3.64. The lowest BCUT2D eigenvalue weighted by molar-refractivity contribution is -0.116. The van der Waals surface area contributed by atoms with Crippen molar-refractivity contribution in [2.75, 3.05) is 33.4 Å². The third kappa shape index (κ3) is 5.77. The number of methoxy groups -OCH3 is 1. The van der Waals surface area contributed by atoms with Crippen LogP contribution in [-0.2, 0) is 14.8 Å². The van der Waals surface area contributed by atoms with Crippen molar-refractivity contribution in [1.29, 1.82) is 0 Å². The van der Waals surface area contributed by atoms with E-state index in [1.54, 1.807) is 37.3 Å². The summed E-state index contributed by atoms with van der Waals surface area (Å²) < 4.78 is 43.9. The lowest BCUT2D eigenvalue weighted by Gasteiger charge is -2.20. The number of nitrogens with one attached hydrogen (secondary N) is 2. The maximum absolute atomic E-state index is 12.5. The number of hydrogen-bond donors (Lipinski definition) is 2. The van der Waals surface area contributed by atoms with E-state index in [0.29, 0.717) is 41.6 Å². The van der Waals surface area contributed by atoms with Crippen LogP contribution < -0.4 is 24.2 Å². The average molecular weight is 447 g/mol. The van der Waals surface area contributed by atoms with E-state index in [0.717, 1.165) is 5.56 Å². The molecule has 1 amide bonds. The molecule has 0 bridgehead atoms. The van der Waals surface area contributed by atoms with Crippen molar-refractivity contribution < 1.29 is 27.4 Å². The lowest BCUT2D eigenvalue weighted by atomic mass is 10.1. The zero-order chi connectivity index (χ0) is 22.4. The Balaban J connectivity index is 1.54. The molecule has 9 heteroatoms. The second-order valence-electron chi connectivity index (χ2n) is 7.04. The van der Waals surface area contributed by atoms with Crippen LogP contribution in [0.2, 0.25) is 0 Å². The first-order valence-corrected chi connectivity index (χ1v) is 11.3. The van der Waals surface area contributed by atoms with Gasteiger partial charge in [-0.15, -0.1) is 0 Å². The maximum atomic E-state index is 12.5. The van der Waals surface area contributed by atoms with Gasteiger partial charge in [0.2, 0.25) is 21.7 Å². The van der Waals surface area contributed by atoms with Gasteiger partial charge < -0.3 is 19.5 Å². The van der Waals surface area contributed by atoms with Gasteiger partial charge in [-0.05, 0) is 54.8 Å². The molecule has 1 aliphatic rings. The summed E-state index contributed by atoms with van der Waals surface area (Å²) in [4.78, 5) is 12.3. The molecule has 0 saturated carbocycles. The first kappa shape index (κ1) is 22.6. The third-order valence-electron chi connectivity index (χ3n) is 4.63. The van der Waals surface area contributed by atoms with Gasteiger partial charge in [-0.1, -0.05) is 12.1 Å². The summed E-state index contributed by atoms with van der Waals surface area (Å²) in [5.41, 5.74) is 2.24. The summed E-state index contributed by atoms with van der Waals surface area (Å²) >= 11 is 0. The average Bonchev–Trinajstić information content (AvgIpc) is 2.76. The molecule has 2 N–H and O–H groups in total. The van der Waals surface area contributed by atoms with Gasteiger partial charge in [0.25, 0.3) is 0 Å². The number of carbonyl (C=O) groups excluding carboxylic acids is 1. The van der Waals surface area contributed by atoms with E-state index in [2.05, 4.69) is 10.0 Å². The summed E-state index contributed by atoms with van der Waals surface area (Å²) in [6.45, 7) is 4.70. The molecule has 2 aromatic rings. The zero-order valence-electron chi connectivity index (χ0n) is 17.7. The molecule has 1 aliphatic heterocycles. The number of carbonyl (C=O) groups is 1. The van der Waals surface area contributed by atoms with Crippen LogP contribution in [0.5, 0.6) is 17.2 Å². The highest BCUT2D eigenvalue weighted by atomic mass is 32.2. The Bertz CT molecular complexity index is 1080. The van der Waals surface area contributed by atoms with Gasteiger partial charge in [-0.2, -0.15) is 0 Å². The van der Waals surface area contributed by atoms with Crippen LogP contribution in [0.25, 0.3) is 6.08 Å². The fourth-order valence-electron chi connectivity index (χ4n) is 3.07. The van der Waals surface area contributed by atoms with Gasteiger partial charge in [0.05, 0.1) is 12.0 Å². The molecule has 0 saturated heterocycles. The standard InChI is InChI=1S/C22H26N2O6S/c1-15-4-5-16(2)20(12-15)31(26,27)24-9-8-23-21(25)7-6-17-13-18(28-3)22-19(14-17)29-10-11-30-22/h4-7,12-14,24H,8-11H2,1-3H3,(H,23,25)/b7-6+. The molecule has 1 heterocycles. The minimum absolute atomic E-state index is 0.0765. The van der Waals surface area contributed by atoms with Gasteiger partial charge in [-0.25, -0.2) is 13.1 Å². The number of hydrogen-bond acceptors (Lipinski definition) is 6. The van der Waals surface area contributed by atoms with Gasteiger partial charge >= 0.3 is 0 Å². The number of amides is 1. The molecule has 0 fully saturated rings. The van der Waals surface area contributed by atoms with Crippen LogP contribution in [0.1, 0.15) is 16.7 Å². The number of benzene rings is 2. The van der Waals surface area contributed by atoms with Gasteiger partial charge in [0, 0.05) is 19.2 Å². The quantitative estimate of drug-likeness (QED) is 0.476. The molecule has 0 spiro atoms. The van der Waals surface area contributed by atoms with E-state index in [4.69, 9.17) is 14.2 Å². The van der Waals surface area contributed by atoms with Crippen LogP contribution >= 0.6 is 0 Å². The van der Waals surface area contributed by atoms with Crippen molar-refractivity contribution in [2.45, 2.75) is 18.7 Å². The van der Waals surface area contributed by atoms with Crippen LogP contribution in [-0.4, -0.2) is 47.7 Å². The molecule has 2 aromatic carbocycles. The number of rotatable bonds is 8. The molecule has 0 atom stereocenters.